The number of aromatic nitrogens is 2. The van der Waals surface area contributed by atoms with Crippen LogP contribution in [0.2, 0.25) is 0 Å². The Morgan fingerprint density at radius 2 is 1.77 bits per heavy atom. The van der Waals surface area contributed by atoms with Gasteiger partial charge in [0.05, 0.1) is 37.5 Å². The first-order valence-electron chi connectivity index (χ1n) is 8.50. The Labute approximate surface area is 155 Å². The van der Waals surface area contributed by atoms with Gasteiger partial charge in [-0.3, -0.25) is 9.78 Å². The van der Waals surface area contributed by atoms with E-state index in [-0.39, 0.29) is 5.78 Å². The van der Waals surface area contributed by atoms with E-state index in [2.05, 4.69) is 4.98 Å². The zero-order chi connectivity index (χ0) is 19.5. The number of nitrogens with zero attached hydrogens (tertiary/aromatic N) is 2. The van der Waals surface area contributed by atoms with E-state index >= 15 is 0 Å². The lowest BCUT2D eigenvalue weighted by Crippen LogP contribution is -2.22. The second-order valence-corrected chi connectivity index (χ2v) is 7.04. The van der Waals surface area contributed by atoms with Crippen LogP contribution >= 0.6 is 0 Å². The number of ether oxygens (including phenoxy) is 2. The molecule has 2 aromatic rings. The number of rotatable bonds is 5. The first-order valence-corrected chi connectivity index (χ1v) is 8.50. The summed E-state index contributed by atoms with van der Waals surface area (Å²) in [5.41, 5.74) is 2.95. The number of ketones is 1. The topological polar surface area (TPSA) is 61.3 Å². The first kappa shape index (κ1) is 19.6. The predicted octanol–water partition coefficient (Wildman–Crippen LogP) is 4.49. The van der Waals surface area contributed by atoms with E-state index in [4.69, 9.17) is 14.5 Å². The summed E-state index contributed by atoms with van der Waals surface area (Å²) in [6.45, 7) is 9.42. The minimum atomic E-state index is -0.491. The minimum Gasteiger partial charge on any atom is -0.493 e. The van der Waals surface area contributed by atoms with Crippen LogP contribution in [-0.4, -0.2) is 30.0 Å². The lowest BCUT2D eigenvalue weighted by molar-refractivity contribution is -0.120. The molecule has 0 saturated heterocycles. The standard InChI is InChI=1S/C21H26N2O3/c1-8-15(20(24)21(3,4)5)19-13(2)22-12-16(23-19)14-9-10-17(25-6)18(11-14)26-7/h8-12H,1-7H3/b15-8+. The summed E-state index contributed by atoms with van der Waals surface area (Å²) in [6, 6.07) is 5.57. The van der Waals surface area contributed by atoms with E-state index in [0.717, 1.165) is 11.3 Å². The van der Waals surface area contributed by atoms with Crippen molar-refractivity contribution in [1.29, 1.82) is 0 Å². The van der Waals surface area contributed by atoms with Gasteiger partial charge in [0.2, 0.25) is 0 Å². The van der Waals surface area contributed by atoms with E-state index < -0.39 is 5.41 Å². The number of benzene rings is 1. The summed E-state index contributed by atoms with van der Waals surface area (Å²) in [6.07, 6.45) is 3.51. The minimum absolute atomic E-state index is 0.0434. The van der Waals surface area contributed by atoms with Gasteiger partial charge in [0.15, 0.2) is 17.3 Å². The Morgan fingerprint density at radius 1 is 1.12 bits per heavy atom. The van der Waals surface area contributed by atoms with E-state index in [1.54, 1.807) is 20.4 Å². The second kappa shape index (κ2) is 7.68. The molecule has 0 aliphatic rings. The third-order valence-electron chi connectivity index (χ3n) is 4.10. The number of methoxy groups -OCH3 is 2. The fourth-order valence-corrected chi connectivity index (χ4v) is 2.62. The molecule has 0 spiro atoms. The summed E-state index contributed by atoms with van der Waals surface area (Å²) < 4.78 is 10.6. The number of Topliss-reactive ketones (excluding diaryl/α,β-unsaturated/α-hetero) is 1. The van der Waals surface area contributed by atoms with Crippen LogP contribution in [-0.2, 0) is 4.79 Å². The highest BCUT2D eigenvalue weighted by molar-refractivity contribution is 6.22. The highest BCUT2D eigenvalue weighted by atomic mass is 16.5. The summed E-state index contributed by atoms with van der Waals surface area (Å²) >= 11 is 0. The molecule has 0 bridgehead atoms. The van der Waals surface area contributed by atoms with Crippen molar-refractivity contribution in [3.05, 3.63) is 41.9 Å². The maximum absolute atomic E-state index is 12.8. The Balaban J connectivity index is 2.56. The van der Waals surface area contributed by atoms with Crippen molar-refractivity contribution >= 4 is 11.4 Å². The smallest absolute Gasteiger partial charge is 0.170 e. The summed E-state index contributed by atoms with van der Waals surface area (Å²) in [5.74, 6) is 1.31. The lowest BCUT2D eigenvalue weighted by Gasteiger charge is -2.19. The molecule has 138 valence electrons. The SMILES string of the molecule is C/C=C(/C(=O)C(C)(C)C)c1nc(-c2ccc(OC)c(OC)c2)cnc1C. The predicted molar refractivity (Wildman–Crippen MR) is 103 cm³/mol. The van der Waals surface area contributed by atoms with Gasteiger partial charge in [-0.1, -0.05) is 26.8 Å². The van der Waals surface area contributed by atoms with Crippen molar-refractivity contribution in [2.75, 3.05) is 14.2 Å². The molecule has 1 aromatic heterocycles. The quantitative estimate of drug-likeness (QED) is 0.741. The third-order valence-corrected chi connectivity index (χ3v) is 4.10. The molecular weight excluding hydrogens is 328 g/mol. The molecule has 0 atom stereocenters. The number of hydrogen-bond acceptors (Lipinski definition) is 5. The van der Waals surface area contributed by atoms with Crippen LogP contribution in [0, 0.1) is 12.3 Å². The van der Waals surface area contributed by atoms with Gasteiger partial charge in [0.1, 0.15) is 0 Å². The molecule has 0 aliphatic carbocycles. The molecule has 0 amide bonds. The summed E-state index contributed by atoms with van der Waals surface area (Å²) in [5, 5.41) is 0. The highest BCUT2D eigenvalue weighted by Gasteiger charge is 2.27. The van der Waals surface area contributed by atoms with Crippen LogP contribution in [0.25, 0.3) is 16.8 Å². The molecule has 5 nitrogen and oxygen atoms in total. The molecule has 1 heterocycles. The Bertz CT molecular complexity index is 849. The molecule has 0 aliphatic heterocycles. The molecule has 1 aromatic carbocycles. The zero-order valence-corrected chi connectivity index (χ0v) is 16.5. The molecule has 2 rings (SSSR count). The average Bonchev–Trinajstić information content (AvgIpc) is 2.62. The summed E-state index contributed by atoms with van der Waals surface area (Å²) in [4.78, 5) is 22.0. The fourth-order valence-electron chi connectivity index (χ4n) is 2.62. The normalized spacial score (nSPS) is 12.0. The van der Waals surface area contributed by atoms with Crippen molar-refractivity contribution in [2.45, 2.75) is 34.6 Å². The molecule has 0 unspecified atom stereocenters. The van der Waals surface area contributed by atoms with Crippen molar-refractivity contribution in [3.63, 3.8) is 0 Å². The van der Waals surface area contributed by atoms with Gasteiger partial charge in [-0.2, -0.15) is 0 Å². The van der Waals surface area contributed by atoms with E-state index in [1.807, 2.05) is 58.9 Å². The molecule has 26 heavy (non-hydrogen) atoms. The van der Waals surface area contributed by atoms with Crippen LogP contribution in [0.5, 0.6) is 11.5 Å². The molecule has 0 fully saturated rings. The van der Waals surface area contributed by atoms with Crippen molar-refractivity contribution in [1.82, 2.24) is 9.97 Å². The molecular formula is C21H26N2O3. The largest absolute Gasteiger partial charge is 0.493 e. The first-order chi connectivity index (χ1) is 12.2. The number of aryl methyl sites for hydroxylation is 1. The molecule has 0 N–H and O–H groups in total. The van der Waals surface area contributed by atoms with Crippen LogP contribution in [0.15, 0.2) is 30.5 Å². The van der Waals surface area contributed by atoms with Crippen molar-refractivity contribution < 1.29 is 14.3 Å². The van der Waals surface area contributed by atoms with E-state index in [0.29, 0.717) is 28.5 Å². The zero-order valence-electron chi connectivity index (χ0n) is 16.5. The van der Waals surface area contributed by atoms with Gasteiger partial charge in [-0.15, -0.1) is 0 Å². The monoisotopic (exact) mass is 354 g/mol. The lowest BCUT2D eigenvalue weighted by atomic mass is 9.84. The van der Waals surface area contributed by atoms with Gasteiger partial charge in [-0.25, -0.2) is 4.98 Å². The Hall–Kier alpha value is -2.69. The molecule has 0 radical (unpaired) electrons. The third kappa shape index (κ3) is 3.93. The van der Waals surface area contributed by atoms with Crippen LogP contribution < -0.4 is 9.47 Å². The number of carbonyl (C=O) groups is 1. The van der Waals surface area contributed by atoms with Gasteiger partial charge in [0.25, 0.3) is 0 Å². The maximum Gasteiger partial charge on any atom is 0.170 e. The average molecular weight is 354 g/mol. The fraction of sp³-hybridized carbons (Fsp3) is 0.381. The van der Waals surface area contributed by atoms with E-state index in [9.17, 15) is 4.79 Å². The van der Waals surface area contributed by atoms with Gasteiger partial charge in [-0.05, 0) is 32.0 Å². The van der Waals surface area contributed by atoms with Crippen molar-refractivity contribution in [3.8, 4) is 22.8 Å². The number of hydrogen-bond donors (Lipinski definition) is 0. The van der Waals surface area contributed by atoms with Gasteiger partial charge in [0, 0.05) is 16.6 Å². The van der Waals surface area contributed by atoms with Crippen LogP contribution in [0.1, 0.15) is 39.1 Å². The number of carbonyl (C=O) groups excluding carboxylic acids is 1. The maximum atomic E-state index is 12.8. The van der Waals surface area contributed by atoms with Gasteiger partial charge >= 0.3 is 0 Å². The van der Waals surface area contributed by atoms with Crippen LogP contribution in [0.3, 0.4) is 0 Å². The van der Waals surface area contributed by atoms with Crippen molar-refractivity contribution in [2.24, 2.45) is 5.41 Å². The molecule has 5 heteroatoms. The highest BCUT2D eigenvalue weighted by Crippen LogP contribution is 2.33. The second-order valence-electron chi connectivity index (χ2n) is 7.04. The number of allylic oxidation sites excluding steroid dienone is 2. The Kier molecular flexibility index (Phi) is 5.80. The van der Waals surface area contributed by atoms with Gasteiger partial charge < -0.3 is 9.47 Å². The Morgan fingerprint density at radius 3 is 2.31 bits per heavy atom. The summed E-state index contributed by atoms with van der Waals surface area (Å²) in [7, 11) is 3.19. The van der Waals surface area contributed by atoms with Crippen LogP contribution in [0.4, 0.5) is 0 Å². The molecule has 0 saturated carbocycles. The van der Waals surface area contributed by atoms with E-state index in [1.165, 1.54) is 0 Å².